The van der Waals surface area contributed by atoms with Crippen molar-refractivity contribution < 1.29 is 15.0 Å². The number of aliphatic hydroxyl groups is 2. The van der Waals surface area contributed by atoms with Gasteiger partial charge in [-0.05, 0) is 12.2 Å². The molecule has 2 rings (SSSR count). The molecule has 0 heterocycles. The molecule has 0 saturated carbocycles. The molecule has 0 amide bonds. The summed E-state index contributed by atoms with van der Waals surface area (Å²) in [5.41, 5.74) is 9.76. The number of hydrogen-bond acceptors (Lipinski definition) is 5. The third kappa shape index (κ3) is 2.12. The van der Waals surface area contributed by atoms with E-state index in [1.54, 1.807) is 30.3 Å². The second kappa shape index (κ2) is 4.15. The second-order valence-corrected chi connectivity index (χ2v) is 4.29. The topological polar surface area (TPSA) is 110 Å². The lowest BCUT2D eigenvalue weighted by Gasteiger charge is -2.35. The summed E-state index contributed by atoms with van der Waals surface area (Å²) in [7, 11) is 0. The number of ketones is 1. The van der Waals surface area contributed by atoms with Crippen LogP contribution in [-0.2, 0) is 0 Å². The molecule has 0 aliphatic heterocycles. The van der Waals surface area contributed by atoms with Crippen molar-refractivity contribution in [3.63, 3.8) is 0 Å². The third-order valence-electron chi connectivity index (χ3n) is 2.83. The fraction of sp³-hybridized carbons (Fsp3) is 0.154. The zero-order valence-electron chi connectivity index (χ0n) is 9.58. The van der Waals surface area contributed by atoms with Crippen LogP contribution >= 0.6 is 0 Å². The van der Waals surface area contributed by atoms with E-state index in [1.165, 1.54) is 12.2 Å². The number of nitrogens with two attached hydrogens (primary N) is 2. The van der Waals surface area contributed by atoms with E-state index < -0.39 is 11.4 Å². The minimum atomic E-state index is -2.46. The van der Waals surface area contributed by atoms with Crippen LogP contribution in [0.1, 0.15) is 10.4 Å². The molecule has 18 heavy (non-hydrogen) atoms. The largest absolute Gasteiger partial charge is 0.360 e. The Balaban J connectivity index is 2.35. The van der Waals surface area contributed by atoms with Crippen molar-refractivity contribution >= 4 is 5.78 Å². The van der Waals surface area contributed by atoms with Crippen molar-refractivity contribution in [1.82, 2.24) is 0 Å². The molecular weight excluding hydrogens is 232 g/mol. The summed E-state index contributed by atoms with van der Waals surface area (Å²) >= 11 is 0. The summed E-state index contributed by atoms with van der Waals surface area (Å²) in [6, 6.07) is 8.51. The summed E-state index contributed by atoms with van der Waals surface area (Å²) < 4.78 is 0. The second-order valence-electron chi connectivity index (χ2n) is 4.29. The van der Waals surface area contributed by atoms with Gasteiger partial charge in [-0.2, -0.15) is 0 Å². The van der Waals surface area contributed by atoms with Crippen LogP contribution in [0.3, 0.4) is 0 Å². The summed E-state index contributed by atoms with van der Waals surface area (Å²) in [5.74, 6) is -2.78. The maximum atomic E-state index is 12.1. The zero-order chi connectivity index (χ0) is 13.4. The Bertz CT molecular complexity index is 530. The van der Waals surface area contributed by atoms with Crippen LogP contribution < -0.4 is 11.5 Å². The van der Waals surface area contributed by atoms with Crippen molar-refractivity contribution in [3.05, 3.63) is 59.7 Å². The van der Waals surface area contributed by atoms with Crippen molar-refractivity contribution in [2.75, 3.05) is 0 Å². The van der Waals surface area contributed by atoms with E-state index in [-0.39, 0.29) is 11.4 Å². The molecule has 94 valence electrons. The molecule has 0 saturated heterocycles. The average Bonchev–Trinajstić information content (AvgIpc) is 2.33. The number of carbonyl (C=O) groups is 1. The molecule has 1 aliphatic carbocycles. The number of rotatable bonds is 2. The van der Waals surface area contributed by atoms with Crippen molar-refractivity contribution in [3.8, 4) is 0 Å². The van der Waals surface area contributed by atoms with E-state index in [0.29, 0.717) is 5.56 Å². The van der Waals surface area contributed by atoms with Gasteiger partial charge >= 0.3 is 0 Å². The molecule has 5 heteroatoms. The average molecular weight is 246 g/mol. The molecule has 5 nitrogen and oxygen atoms in total. The highest BCUT2D eigenvalue weighted by Crippen LogP contribution is 2.25. The van der Waals surface area contributed by atoms with E-state index >= 15 is 0 Å². The molecule has 1 aromatic rings. The van der Waals surface area contributed by atoms with Gasteiger partial charge in [0.2, 0.25) is 5.79 Å². The van der Waals surface area contributed by atoms with Crippen molar-refractivity contribution in [1.29, 1.82) is 0 Å². The zero-order valence-corrected chi connectivity index (χ0v) is 9.58. The predicted molar refractivity (Wildman–Crippen MR) is 66.3 cm³/mol. The van der Waals surface area contributed by atoms with Gasteiger partial charge in [-0.1, -0.05) is 36.4 Å². The number of allylic oxidation sites excluding steroid dienone is 2. The highest BCUT2D eigenvalue weighted by atomic mass is 16.5. The molecule has 0 radical (unpaired) electrons. The van der Waals surface area contributed by atoms with E-state index in [9.17, 15) is 15.0 Å². The SMILES string of the molecule is NC1(N)C=CC(C(=O)c2ccccc2)=CC1(O)O. The molecule has 0 bridgehead atoms. The van der Waals surface area contributed by atoms with Crippen LogP contribution in [-0.4, -0.2) is 27.4 Å². The Hall–Kier alpha value is -1.79. The van der Waals surface area contributed by atoms with Gasteiger partial charge in [0.25, 0.3) is 0 Å². The molecule has 0 fully saturated rings. The molecule has 1 aliphatic rings. The minimum absolute atomic E-state index is 0.137. The Labute approximate surface area is 104 Å². The summed E-state index contributed by atoms with van der Waals surface area (Å²) in [6.07, 6.45) is 3.55. The lowest BCUT2D eigenvalue weighted by molar-refractivity contribution is -0.157. The first-order chi connectivity index (χ1) is 8.33. The van der Waals surface area contributed by atoms with Gasteiger partial charge in [0.05, 0.1) is 0 Å². The quantitative estimate of drug-likeness (QED) is 0.421. The van der Waals surface area contributed by atoms with E-state index in [2.05, 4.69) is 0 Å². The van der Waals surface area contributed by atoms with Crippen LogP contribution in [0.15, 0.2) is 54.1 Å². The number of carbonyl (C=O) groups excluding carboxylic acids is 1. The number of benzene rings is 1. The summed E-state index contributed by atoms with van der Waals surface area (Å²) in [4.78, 5) is 12.1. The van der Waals surface area contributed by atoms with Gasteiger partial charge in [-0.15, -0.1) is 0 Å². The fourth-order valence-corrected chi connectivity index (χ4v) is 1.64. The van der Waals surface area contributed by atoms with Gasteiger partial charge < -0.3 is 21.7 Å². The van der Waals surface area contributed by atoms with Gasteiger partial charge in [0, 0.05) is 11.1 Å². The maximum absolute atomic E-state index is 12.1. The summed E-state index contributed by atoms with van der Waals surface area (Å²) in [5, 5.41) is 19.4. The smallest absolute Gasteiger partial charge is 0.219 e. The van der Waals surface area contributed by atoms with E-state index in [4.69, 9.17) is 11.5 Å². The summed E-state index contributed by atoms with van der Waals surface area (Å²) in [6.45, 7) is 0. The Morgan fingerprint density at radius 2 is 1.72 bits per heavy atom. The molecule has 0 atom stereocenters. The van der Waals surface area contributed by atoms with Crippen molar-refractivity contribution in [2.24, 2.45) is 11.5 Å². The van der Waals surface area contributed by atoms with E-state index in [1.807, 2.05) is 0 Å². The molecule has 0 aromatic heterocycles. The van der Waals surface area contributed by atoms with Crippen LogP contribution in [0.5, 0.6) is 0 Å². The Kier molecular flexibility index (Phi) is 2.92. The molecular formula is C13H14N2O3. The van der Waals surface area contributed by atoms with Crippen LogP contribution in [0.2, 0.25) is 0 Å². The first-order valence-corrected chi connectivity index (χ1v) is 5.38. The minimum Gasteiger partial charge on any atom is -0.360 e. The lowest BCUT2D eigenvalue weighted by atomic mass is 9.89. The van der Waals surface area contributed by atoms with Crippen LogP contribution in [0.25, 0.3) is 0 Å². The lowest BCUT2D eigenvalue weighted by Crippen LogP contribution is -2.66. The fourth-order valence-electron chi connectivity index (χ4n) is 1.64. The molecule has 0 spiro atoms. The first kappa shape index (κ1) is 12.7. The maximum Gasteiger partial charge on any atom is 0.219 e. The number of Topliss-reactive ketones (excluding diaryl/α,β-unsaturated/α-hetero) is 1. The monoisotopic (exact) mass is 246 g/mol. The standard InChI is InChI=1S/C13H14N2O3/c14-12(15)7-6-10(8-13(12,17)18)11(16)9-4-2-1-3-5-9/h1-8,17-18H,14-15H2. The third-order valence-corrected chi connectivity index (χ3v) is 2.83. The van der Waals surface area contributed by atoms with Crippen LogP contribution in [0.4, 0.5) is 0 Å². The Morgan fingerprint density at radius 1 is 1.11 bits per heavy atom. The normalized spacial score (nSPS) is 20.3. The highest BCUT2D eigenvalue weighted by Gasteiger charge is 2.42. The van der Waals surface area contributed by atoms with E-state index in [0.717, 1.165) is 6.08 Å². The Morgan fingerprint density at radius 3 is 2.28 bits per heavy atom. The molecule has 6 N–H and O–H groups in total. The van der Waals surface area contributed by atoms with Gasteiger partial charge in [0.15, 0.2) is 5.78 Å². The molecule has 1 aromatic carbocycles. The number of hydrogen-bond donors (Lipinski definition) is 4. The van der Waals surface area contributed by atoms with Crippen LogP contribution in [0, 0.1) is 0 Å². The van der Waals surface area contributed by atoms with Gasteiger partial charge in [-0.25, -0.2) is 0 Å². The molecule has 0 unspecified atom stereocenters. The highest BCUT2D eigenvalue weighted by molar-refractivity contribution is 6.10. The predicted octanol–water partition coefficient (Wildman–Crippen LogP) is -0.340. The first-order valence-electron chi connectivity index (χ1n) is 5.38. The van der Waals surface area contributed by atoms with Gasteiger partial charge in [0.1, 0.15) is 5.66 Å². The van der Waals surface area contributed by atoms with Gasteiger partial charge in [-0.3, -0.25) is 4.79 Å². The van der Waals surface area contributed by atoms with Crippen molar-refractivity contribution in [2.45, 2.75) is 11.4 Å².